The standard InChI is InChI=1S/C14H9ClN2Se/c15-13-14(18-10-6-2-1-3-7-10)17-12-9-5-4-8-11(12)16-13/h1-9H. The van der Waals surface area contributed by atoms with E-state index in [0.717, 1.165) is 15.6 Å². The molecule has 18 heavy (non-hydrogen) atoms. The van der Waals surface area contributed by atoms with E-state index < -0.39 is 0 Å². The Morgan fingerprint density at radius 2 is 1.39 bits per heavy atom. The fourth-order valence-corrected chi connectivity index (χ4v) is 3.62. The molecule has 0 aliphatic rings. The summed E-state index contributed by atoms with van der Waals surface area (Å²) in [5.41, 5.74) is 1.74. The summed E-state index contributed by atoms with van der Waals surface area (Å²) >= 11 is 6.29. The SMILES string of the molecule is Clc1nc2ccccc2nc1[Se]c1ccccc1. The molecule has 0 atom stereocenters. The van der Waals surface area contributed by atoms with Crippen molar-refractivity contribution in [2.24, 2.45) is 0 Å². The van der Waals surface area contributed by atoms with Gasteiger partial charge in [-0.25, -0.2) is 0 Å². The number of benzene rings is 2. The van der Waals surface area contributed by atoms with E-state index in [4.69, 9.17) is 11.6 Å². The predicted octanol–water partition coefficient (Wildman–Crippen LogP) is 1.94. The zero-order chi connectivity index (χ0) is 12.4. The fourth-order valence-electron chi connectivity index (χ4n) is 1.63. The van der Waals surface area contributed by atoms with Gasteiger partial charge in [0.25, 0.3) is 0 Å². The first-order chi connectivity index (χ1) is 8.83. The second-order valence-corrected chi connectivity index (χ2v) is 6.31. The van der Waals surface area contributed by atoms with Gasteiger partial charge in [0.05, 0.1) is 0 Å². The molecule has 4 heteroatoms. The van der Waals surface area contributed by atoms with Crippen LogP contribution in [-0.2, 0) is 0 Å². The van der Waals surface area contributed by atoms with Gasteiger partial charge in [0.1, 0.15) is 0 Å². The number of para-hydroxylation sites is 2. The molecule has 0 aliphatic carbocycles. The van der Waals surface area contributed by atoms with Crippen LogP contribution in [0.5, 0.6) is 0 Å². The molecule has 1 aromatic heterocycles. The quantitative estimate of drug-likeness (QED) is 0.675. The third-order valence-electron chi connectivity index (χ3n) is 2.46. The fraction of sp³-hybridized carbons (Fsp3) is 0. The van der Waals surface area contributed by atoms with E-state index in [9.17, 15) is 0 Å². The van der Waals surface area contributed by atoms with Crippen LogP contribution in [-0.4, -0.2) is 24.9 Å². The van der Waals surface area contributed by atoms with E-state index in [1.54, 1.807) is 0 Å². The average Bonchev–Trinajstić information content (AvgIpc) is 2.41. The molecule has 1 heterocycles. The molecule has 0 bridgehead atoms. The molecule has 0 aliphatic heterocycles. The van der Waals surface area contributed by atoms with Crippen molar-refractivity contribution < 1.29 is 0 Å². The van der Waals surface area contributed by atoms with Crippen LogP contribution < -0.4 is 9.05 Å². The van der Waals surface area contributed by atoms with Crippen molar-refractivity contribution in [3.8, 4) is 0 Å². The molecule has 2 aromatic carbocycles. The van der Waals surface area contributed by atoms with Crippen molar-refractivity contribution >= 4 is 46.6 Å². The van der Waals surface area contributed by atoms with Gasteiger partial charge in [-0.1, -0.05) is 0 Å². The molecule has 0 spiro atoms. The monoisotopic (exact) mass is 320 g/mol. The Balaban J connectivity index is 2.04. The van der Waals surface area contributed by atoms with E-state index in [-0.39, 0.29) is 15.0 Å². The Hall–Kier alpha value is -1.41. The first-order valence-electron chi connectivity index (χ1n) is 5.48. The second-order valence-electron chi connectivity index (χ2n) is 3.72. The number of aromatic nitrogens is 2. The van der Waals surface area contributed by atoms with E-state index >= 15 is 0 Å². The van der Waals surface area contributed by atoms with Crippen LogP contribution in [0.15, 0.2) is 54.6 Å². The summed E-state index contributed by atoms with van der Waals surface area (Å²) in [6.07, 6.45) is 0. The Kier molecular flexibility index (Phi) is 3.28. The third-order valence-corrected chi connectivity index (χ3v) is 5.04. The van der Waals surface area contributed by atoms with E-state index in [1.807, 2.05) is 42.5 Å². The Labute approximate surface area is 116 Å². The Bertz CT molecular complexity index is 686. The summed E-state index contributed by atoms with van der Waals surface area (Å²) in [6, 6.07) is 18.0. The van der Waals surface area contributed by atoms with Gasteiger partial charge >= 0.3 is 116 Å². The molecule has 2 nitrogen and oxygen atoms in total. The summed E-state index contributed by atoms with van der Waals surface area (Å²) in [5, 5.41) is 0.512. The number of halogens is 1. The van der Waals surface area contributed by atoms with Gasteiger partial charge < -0.3 is 0 Å². The zero-order valence-electron chi connectivity index (χ0n) is 9.38. The molecule has 0 saturated carbocycles. The second kappa shape index (κ2) is 5.07. The van der Waals surface area contributed by atoms with Crippen LogP contribution in [0.25, 0.3) is 11.0 Å². The zero-order valence-corrected chi connectivity index (χ0v) is 11.8. The van der Waals surface area contributed by atoms with E-state index in [1.165, 1.54) is 4.46 Å². The van der Waals surface area contributed by atoms with Gasteiger partial charge in [-0.3, -0.25) is 0 Å². The van der Waals surface area contributed by atoms with Gasteiger partial charge in [0.15, 0.2) is 0 Å². The van der Waals surface area contributed by atoms with Crippen LogP contribution in [0.2, 0.25) is 5.15 Å². The summed E-state index contributed by atoms with van der Waals surface area (Å²) in [4.78, 5) is 8.99. The molecule has 3 rings (SSSR count). The molecule has 0 radical (unpaired) electrons. The molecule has 0 saturated heterocycles. The molecule has 0 fully saturated rings. The van der Waals surface area contributed by atoms with Gasteiger partial charge in [0.2, 0.25) is 0 Å². The first-order valence-corrected chi connectivity index (χ1v) is 7.57. The van der Waals surface area contributed by atoms with E-state index in [2.05, 4.69) is 22.1 Å². The van der Waals surface area contributed by atoms with Crippen molar-refractivity contribution in [1.29, 1.82) is 0 Å². The minimum atomic E-state index is 0.0926. The summed E-state index contributed by atoms with van der Waals surface area (Å²) in [5.74, 6) is 0. The molecule has 0 N–H and O–H groups in total. The topological polar surface area (TPSA) is 25.8 Å². The molecule has 88 valence electrons. The van der Waals surface area contributed by atoms with Crippen molar-refractivity contribution in [3.63, 3.8) is 0 Å². The molecular weight excluding hydrogens is 311 g/mol. The Morgan fingerprint density at radius 1 is 0.778 bits per heavy atom. The van der Waals surface area contributed by atoms with Crippen LogP contribution >= 0.6 is 11.6 Å². The number of hydrogen-bond donors (Lipinski definition) is 0. The average molecular weight is 320 g/mol. The number of nitrogens with zero attached hydrogens (tertiary/aromatic N) is 2. The molecule has 3 aromatic rings. The maximum atomic E-state index is 6.20. The maximum absolute atomic E-state index is 6.20. The van der Waals surface area contributed by atoms with Crippen LogP contribution in [0.3, 0.4) is 0 Å². The van der Waals surface area contributed by atoms with Crippen molar-refractivity contribution in [2.75, 3.05) is 0 Å². The Morgan fingerprint density at radius 3 is 2.11 bits per heavy atom. The summed E-state index contributed by atoms with van der Waals surface area (Å²) in [6.45, 7) is 0. The third kappa shape index (κ3) is 2.39. The van der Waals surface area contributed by atoms with E-state index in [0.29, 0.717) is 5.15 Å². The normalized spacial score (nSPS) is 10.7. The van der Waals surface area contributed by atoms with Gasteiger partial charge in [0, 0.05) is 0 Å². The minimum absolute atomic E-state index is 0.0926. The molecular formula is C14H9ClN2Se. The summed E-state index contributed by atoms with van der Waals surface area (Å²) in [7, 11) is 0. The number of rotatable bonds is 2. The van der Waals surface area contributed by atoms with Crippen LogP contribution in [0, 0.1) is 0 Å². The van der Waals surface area contributed by atoms with Gasteiger partial charge in [-0.2, -0.15) is 0 Å². The number of fused-ring (bicyclic) bond motifs is 1. The van der Waals surface area contributed by atoms with Crippen molar-refractivity contribution in [3.05, 3.63) is 59.8 Å². The van der Waals surface area contributed by atoms with Gasteiger partial charge in [-0.05, 0) is 0 Å². The van der Waals surface area contributed by atoms with Crippen molar-refractivity contribution in [1.82, 2.24) is 9.97 Å². The number of hydrogen-bond acceptors (Lipinski definition) is 2. The van der Waals surface area contributed by atoms with Crippen molar-refractivity contribution in [2.45, 2.75) is 0 Å². The molecule has 0 unspecified atom stereocenters. The predicted molar refractivity (Wildman–Crippen MR) is 76.0 cm³/mol. The molecule has 0 amide bonds. The summed E-state index contributed by atoms with van der Waals surface area (Å²) < 4.78 is 2.13. The van der Waals surface area contributed by atoms with Gasteiger partial charge in [-0.15, -0.1) is 0 Å². The first kappa shape index (κ1) is 11.7. The van der Waals surface area contributed by atoms with Crippen LogP contribution in [0.1, 0.15) is 0 Å². The van der Waals surface area contributed by atoms with Crippen LogP contribution in [0.4, 0.5) is 0 Å².